The third-order valence-corrected chi connectivity index (χ3v) is 1.15. The van der Waals surface area contributed by atoms with Crippen molar-refractivity contribution in [2.45, 2.75) is 32.8 Å². The molecule has 2 N–H and O–H groups in total. The summed E-state index contributed by atoms with van der Waals surface area (Å²) < 4.78 is 5.13. The van der Waals surface area contributed by atoms with E-state index in [1.165, 1.54) is 0 Å². The maximum absolute atomic E-state index is 5.20. The molecule has 0 aromatic carbocycles. The Morgan fingerprint density at radius 1 is 1.60 bits per heavy atom. The molecule has 1 unspecified atom stereocenters. The number of ether oxygens (including phenoxy) is 1. The summed E-state index contributed by atoms with van der Waals surface area (Å²) in [6.45, 7) is 4.17. The first-order valence-electron chi connectivity index (χ1n) is 3.59. The molecule has 0 saturated heterocycles. The van der Waals surface area contributed by atoms with E-state index < -0.39 is 0 Å². The Labute approximate surface area is 62.7 Å². The van der Waals surface area contributed by atoms with Crippen molar-refractivity contribution in [2.75, 3.05) is 6.73 Å². The first-order chi connectivity index (χ1) is 4.85. The summed E-state index contributed by atoms with van der Waals surface area (Å²) in [6.07, 6.45) is 2.09. The summed E-state index contributed by atoms with van der Waals surface area (Å²) in [5.41, 5.74) is 5.20. The van der Waals surface area contributed by atoms with Crippen molar-refractivity contribution in [3.05, 3.63) is 0 Å². The molecule has 1 atom stereocenters. The largest absolute Gasteiger partial charge is 0.351 e. The normalized spacial score (nSPS) is 11.9. The average molecular weight is 141 g/mol. The summed E-state index contributed by atoms with van der Waals surface area (Å²) in [4.78, 5) is 0. The minimum Gasteiger partial charge on any atom is -0.351 e. The zero-order chi connectivity index (χ0) is 7.82. The second-order valence-corrected chi connectivity index (χ2v) is 2.00. The molecule has 2 heteroatoms. The molecule has 0 radical (unpaired) electrons. The lowest BCUT2D eigenvalue weighted by Crippen LogP contribution is -2.15. The molecule has 0 spiro atoms. The molecular weight excluding hydrogens is 126 g/mol. The average Bonchev–Trinajstić information content (AvgIpc) is 1.90. The fourth-order valence-electron chi connectivity index (χ4n) is 0.736. The molecule has 58 valence electrons. The molecule has 0 saturated carbocycles. The molecule has 0 aromatic rings. The Morgan fingerprint density at radius 3 is 2.70 bits per heavy atom. The van der Waals surface area contributed by atoms with Gasteiger partial charge in [-0.2, -0.15) is 0 Å². The Bertz CT molecular complexity index is 117. The quantitative estimate of drug-likeness (QED) is 0.470. The minimum absolute atomic E-state index is 0.0417. The van der Waals surface area contributed by atoms with Gasteiger partial charge >= 0.3 is 0 Å². The van der Waals surface area contributed by atoms with Crippen LogP contribution in [0.2, 0.25) is 0 Å². The Hall–Kier alpha value is -0.520. The number of hydrogen-bond acceptors (Lipinski definition) is 2. The van der Waals surface area contributed by atoms with E-state index in [0.29, 0.717) is 0 Å². The molecule has 0 aliphatic rings. The van der Waals surface area contributed by atoms with Crippen LogP contribution >= 0.6 is 0 Å². The zero-order valence-electron chi connectivity index (χ0n) is 6.68. The molecule has 0 bridgehead atoms. The van der Waals surface area contributed by atoms with Crippen LogP contribution in [0.5, 0.6) is 0 Å². The predicted octanol–water partition coefficient (Wildman–Crippen LogP) is 1.11. The summed E-state index contributed by atoms with van der Waals surface area (Å²) in [5.74, 6) is 5.74. The smallest absolute Gasteiger partial charge is 0.119 e. The van der Waals surface area contributed by atoms with Gasteiger partial charge < -0.3 is 10.5 Å². The van der Waals surface area contributed by atoms with E-state index in [4.69, 9.17) is 10.5 Å². The third kappa shape index (κ3) is 4.37. The molecule has 0 fully saturated rings. The first-order valence-corrected chi connectivity index (χ1v) is 3.59. The third-order valence-electron chi connectivity index (χ3n) is 1.15. The SMILES string of the molecule is CC#CC(CCC)OCN. The summed E-state index contributed by atoms with van der Waals surface area (Å²) >= 11 is 0. The molecule has 0 aliphatic carbocycles. The van der Waals surface area contributed by atoms with Gasteiger partial charge in [0, 0.05) is 0 Å². The molecule has 10 heavy (non-hydrogen) atoms. The van der Waals surface area contributed by atoms with Crippen molar-refractivity contribution in [1.82, 2.24) is 0 Å². The number of hydrogen-bond donors (Lipinski definition) is 1. The number of rotatable bonds is 4. The fraction of sp³-hybridized carbons (Fsp3) is 0.750. The van der Waals surface area contributed by atoms with Crippen molar-refractivity contribution in [3.63, 3.8) is 0 Å². The van der Waals surface area contributed by atoms with Crippen LogP contribution in [0.15, 0.2) is 0 Å². The van der Waals surface area contributed by atoms with Crippen LogP contribution < -0.4 is 5.73 Å². The van der Waals surface area contributed by atoms with Gasteiger partial charge in [-0.05, 0) is 13.3 Å². The lowest BCUT2D eigenvalue weighted by Gasteiger charge is -2.07. The molecular formula is C8H15NO. The van der Waals surface area contributed by atoms with E-state index in [-0.39, 0.29) is 12.8 Å². The van der Waals surface area contributed by atoms with Gasteiger partial charge in [-0.1, -0.05) is 19.3 Å². The van der Waals surface area contributed by atoms with E-state index in [9.17, 15) is 0 Å². The van der Waals surface area contributed by atoms with E-state index in [2.05, 4.69) is 18.8 Å². The lowest BCUT2D eigenvalue weighted by molar-refractivity contribution is 0.0907. The molecule has 0 heterocycles. The monoisotopic (exact) mass is 141 g/mol. The Morgan fingerprint density at radius 2 is 2.30 bits per heavy atom. The van der Waals surface area contributed by atoms with Gasteiger partial charge in [0.15, 0.2) is 0 Å². The van der Waals surface area contributed by atoms with Gasteiger partial charge in [0.2, 0.25) is 0 Å². The molecule has 0 amide bonds. The van der Waals surface area contributed by atoms with E-state index in [1.54, 1.807) is 0 Å². The van der Waals surface area contributed by atoms with E-state index in [1.807, 2.05) is 6.92 Å². The van der Waals surface area contributed by atoms with Crippen molar-refractivity contribution in [1.29, 1.82) is 0 Å². The van der Waals surface area contributed by atoms with Crippen LogP contribution in [0.3, 0.4) is 0 Å². The lowest BCUT2D eigenvalue weighted by atomic mass is 10.2. The standard InChI is InChI=1S/C8H15NO/c1-3-5-8(6-4-2)10-7-9/h8H,3,5,7,9H2,1-2H3. The van der Waals surface area contributed by atoms with Crippen molar-refractivity contribution >= 4 is 0 Å². The highest BCUT2D eigenvalue weighted by Gasteiger charge is 2.00. The minimum atomic E-state index is 0.0417. The van der Waals surface area contributed by atoms with Crippen LogP contribution in [-0.4, -0.2) is 12.8 Å². The van der Waals surface area contributed by atoms with Crippen LogP contribution in [0, 0.1) is 11.8 Å². The second kappa shape index (κ2) is 6.60. The second-order valence-electron chi connectivity index (χ2n) is 2.00. The van der Waals surface area contributed by atoms with Crippen LogP contribution in [0.25, 0.3) is 0 Å². The van der Waals surface area contributed by atoms with Gasteiger partial charge in [0.25, 0.3) is 0 Å². The maximum atomic E-state index is 5.20. The van der Waals surface area contributed by atoms with Gasteiger partial charge in [-0.3, -0.25) is 0 Å². The van der Waals surface area contributed by atoms with Crippen molar-refractivity contribution in [2.24, 2.45) is 5.73 Å². The maximum Gasteiger partial charge on any atom is 0.119 e. The molecule has 2 nitrogen and oxygen atoms in total. The zero-order valence-corrected chi connectivity index (χ0v) is 6.68. The summed E-state index contributed by atoms with van der Waals surface area (Å²) in [7, 11) is 0. The predicted molar refractivity (Wildman–Crippen MR) is 42.3 cm³/mol. The molecule has 0 aliphatic heterocycles. The summed E-state index contributed by atoms with van der Waals surface area (Å²) in [6, 6.07) is 0. The molecule has 0 aromatic heterocycles. The van der Waals surface area contributed by atoms with Gasteiger partial charge in [-0.25, -0.2) is 0 Å². The van der Waals surface area contributed by atoms with E-state index >= 15 is 0 Å². The van der Waals surface area contributed by atoms with Gasteiger partial charge in [0.05, 0.1) is 6.73 Å². The van der Waals surface area contributed by atoms with E-state index in [0.717, 1.165) is 12.8 Å². The fourth-order valence-corrected chi connectivity index (χ4v) is 0.736. The van der Waals surface area contributed by atoms with Crippen molar-refractivity contribution in [3.8, 4) is 11.8 Å². The number of nitrogens with two attached hydrogens (primary N) is 1. The Kier molecular flexibility index (Phi) is 6.25. The van der Waals surface area contributed by atoms with Crippen LogP contribution in [-0.2, 0) is 4.74 Å². The highest BCUT2D eigenvalue weighted by molar-refractivity contribution is 5.02. The summed E-state index contributed by atoms with van der Waals surface area (Å²) in [5, 5.41) is 0. The van der Waals surface area contributed by atoms with Crippen LogP contribution in [0.4, 0.5) is 0 Å². The topological polar surface area (TPSA) is 35.2 Å². The van der Waals surface area contributed by atoms with Crippen molar-refractivity contribution < 1.29 is 4.74 Å². The van der Waals surface area contributed by atoms with Gasteiger partial charge in [-0.15, -0.1) is 5.92 Å². The highest BCUT2D eigenvalue weighted by Crippen LogP contribution is 1.98. The highest BCUT2D eigenvalue weighted by atomic mass is 16.5. The van der Waals surface area contributed by atoms with Gasteiger partial charge in [0.1, 0.15) is 6.10 Å². The first kappa shape index (κ1) is 9.48. The molecule has 0 rings (SSSR count). The Balaban J connectivity index is 3.57. The van der Waals surface area contributed by atoms with Crippen LogP contribution in [0.1, 0.15) is 26.7 Å².